The molecule has 1 aromatic carbocycles. The number of carbonyl (C=O) groups excluding carboxylic acids is 2. The van der Waals surface area contributed by atoms with Crippen LogP contribution in [0.1, 0.15) is 19.4 Å². The molecule has 8 nitrogen and oxygen atoms in total. The molecule has 0 aliphatic heterocycles. The number of nitrogens with two attached hydrogens (primary N) is 1. The molecule has 24 heavy (non-hydrogen) atoms. The molecule has 1 rings (SSSR count). The van der Waals surface area contributed by atoms with Gasteiger partial charge in [0.05, 0.1) is 6.04 Å². The monoisotopic (exact) mass is 337 g/mol. The number of carboxylic acid groups (broad SMARTS) is 1. The number of aromatic hydroxyl groups is 1. The zero-order chi connectivity index (χ0) is 18.3. The molecule has 1 aromatic rings. The van der Waals surface area contributed by atoms with E-state index in [9.17, 15) is 19.5 Å². The molecule has 0 radical (unpaired) electrons. The van der Waals surface area contributed by atoms with Gasteiger partial charge in [0, 0.05) is 0 Å². The molecular formula is C16H23N3O5. The van der Waals surface area contributed by atoms with Gasteiger partial charge in [-0.2, -0.15) is 0 Å². The zero-order valence-corrected chi connectivity index (χ0v) is 13.7. The van der Waals surface area contributed by atoms with E-state index in [-0.39, 0.29) is 18.1 Å². The quantitative estimate of drug-likeness (QED) is 0.437. The predicted octanol–water partition coefficient (Wildman–Crippen LogP) is -0.396. The Morgan fingerprint density at radius 1 is 1.12 bits per heavy atom. The van der Waals surface area contributed by atoms with Crippen molar-refractivity contribution < 1.29 is 24.6 Å². The molecule has 2 amide bonds. The number of phenols is 1. The van der Waals surface area contributed by atoms with Gasteiger partial charge in [-0.1, -0.05) is 26.0 Å². The number of amides is 2. The minimum Gasteiger partial charge on any atom is -0.508 e. The maximum atomic E-state index is 12.2. The molecule has 0 aliphatic carbocycles. The molecule has 0 bridgehead atoms. The van der Waals surface area contributed by atoms with E-state index in [4.69, 9.17) is 10.8 Å². The van der Waals surface area contributed by atoms with Crippen molar-refractivity contribution in [3.8, 4) is 5.75 Å². The van der Waals surface area contributed by atoms with Crippen LogP contribution in [0.3, 0.4) is 0 Å². The second-order valence-corrected chi connectivity index (χ2v) is 5.82. The Morgan fingerprint density at radius 2 is 1.71 bits per heavy atom. The molecule has 0 saturated heterocycles. The van der Waals surface area contributed by atoms with Crippen LogP contribution in [0.4, 0.5) is 0 Å². The SMILES string of the molecule is CC(C)[C@H](NC(=O)[C@@H](N)Cc1ccc(O)cc1)C(=O)NCC(=O)O. The highest BCUT2D eigenvalue weighted by atomic mass is 16.4. The minimum atomic E-state index is -1.17. The number of carboxylic acids is 1. The summed E-state index contributed by atoms with van der Waals surface area (Å²) in [4.78, 5) is 34.7. The largest absolute Gasteiger partial charge is 0.508 e. The number of carbonyl (C=O) groups is 3. The highest BCUT2D eigenvalue weighted by molar-refractivity contribution is 5.91. The molecule has 0 aromatic heterocycles. The van der Waals surface area contributed by atoms with Crippen molar-refractivity contribution >= 4 is 17.8 Å². The third-order valence-corrected chi connectivity index (χ3v) is 3.39. The Kier molecular flexibility index (Phi) is 7.19. The Morgan fingerprint density at radius 3 is 2.21 bits per heavy atom. The maximum Gasteiger partial charge on any atom is 0.322 e. The van der Waals surface area contributed by atoms with Crippen LogP contribution in [0.5, 0.6) is 5.75 Å². The van der Waals surface area contributed by atoms with Crippen LogP contribution < -0.4 is 16.4 Å². The molecule has 0 heterocycles. The molecule has 6 N–H and O–H groups in total. The molecular weight excluding hydrogens is 314 g/mol. The smallest absolute Gasteiger partial charge is 0.322 e. The molecule has 0 saturated carbocycles. The third kappa shape index (κ3) is 6.25. The van der Waals surface area contributed by atoms with Gasteiger partial charge in [-0.15, -0.1) is 0 Å². The summed E-state index contributed by atoms with van der Waals surface area (Å²) in [5, 5.41) is 22.6. The van der Waals surface area contributed by atoms with Crippen molar-refractivity contribution in [3.05, 3.63) is 29.8 Å². The Labute approximate surface area is 140 Å². The topological polar surface area (TPSA) is 142 Å². The molecule has 2 atom stereocenters. The lowest BCUT2D eigenvalue weighted by molar-refractivity contribution is -0.138. The van der Waals surface area contributed by atoms with Crippen molar-refractivity contribution in [1.29, 1.82) is 0 Å². The van der Waals surface area contributed by atoms with Crippen LogP contribution in [0.2, 0.25) is 0 Å². The molecule has 0 aliphatic rings. The number of aliphatic carboxylic acids is 1. The van der Waals surface area contributed by atoms with Gasteiger partial charge in [0.15, 0.2) is 0 Å². The van der Waals surface area contributed by atoms with Crippen LogP contribution in [-0.2, 0) is 20.8 Å². The summed E-state index contributed by atoms with van der Waals surface area (Å²) in [5.74, 6) is -2.36. The van der Waals surface area contributed by atoms with Crippen molar-refractivity contribution in [1.82, 2.24) is 10.6 Å². The number of phenolic OH excluding ortho intramolecular Hbond substituents is 1. The predicted molar refractivity (Wildman–Crippen MR) is 87.2 cm³/mol. The van der Waals surface area contributed by atoms with Crippen molar-refractivity contribution in [3.63, 3.8) is 0 Å². The fourth-order valence-corrected chi connectivity index (χ4v) is 2.05. The van der Waals surface area contributed by atoms with E-state index in [1.165, 1.54) is 12.1 Å². The van der Waals surface area contributed by atoms with Gasteiger partial charge in [0.2, 0.25) is 11.8 Å². The standard InChI is InChI=1S/C16H23N3O5/c1-9(2)14(16(24)18-8-13(21)22)19-15(23)12(17)7-10-3-5-11(20)6-4-10/h3-6,9,12,14,20H,7-8,17H2,1-2H3,(H,18,24)(H,19,23)(H,21,22)/t12-,14-/m0/s1. The van der Waals surface area contributed by atoms with Crippen LogP contribution >= 0.6 is 0 Å². The average molecular weight is 337 g/mol. The first-order chi connectivity index (χ1) is 11.2. The highest BCUT2D eigenvalue weighted by Crippen LogP contribution is 2.11. The summed E-state index contributed by atoms with van der Waals surface area (Å²) in [6, 6.07) is 4.56. The first kappa shape index (κ1) is 19.4. The summed E-state index contributed by atoms with van der Waals surface area (Å²) in [7, 11) is 0. The van der Waals surface area contributed by atoms with Crippen LogP contribution in [0, 0.1) is 5.92 Å². The van der Waals surface area contributed by atoms with Gasteiger partial charge < -0.3 is 26.6 Å². The van der Waals surface area contributed by atoms with Gasteiger partial charge in [-0.3, -0.25) is 14.4 Å². The fourth-order valence-electron chi connectivity index (χ4n) is 2.05. The van der Waals surface area contributed by atoms with Crippen LogP contribution in [-0.4, -0.2) is 46.6 Å². The summed E-state index contributed by atoms with van der Waals surface area (Å²) in [5.41, 5.74) is 6.63. The van der Waals surface area contributed by atoms with Gasteiger partial charge in [-0.05, 0) is 30.0 Å². The van der Waals surface area contributed by atoms with E-state index in [1.54, 1.807) is 26.0 Å². The van der Waals surface area contributed by atoms with E-state index in [0.717, 1.165) is 5.56 Å². The molecule has 0 spiro atoms. The number of rotatable bonds is 8. The fraction of sp³-hybridized carbons (Fsp3) is 0.438. The first-order valence-electron chi connectivity index (χ1n) is 7.54. The molecule has 0 unspecified atom stereocenters. The lowest BCUT2D eigenvalue weighted by atomic mass is 10.0. The van der Waals surface area contributed by atoms with Crippen LogP contribution in [0.25, 0.3) is 0 Å². The Bertz CT molecular complexity index is 586. The van der Waals surface area contributed by atoms with E-state index >= 15 is 0 Å². The normalized spacial score (nSPS) is 13.2. The van der Waals surface area contributed by atoms with E-state index < -0.39 is 36.4 Å². The van der Waals surface area contributed by atoms with E-state index in [0.29, 0.717) is 0 Å². The highest BCUT2D eigenvalue weighted by Gasteiger charge is 2.26. The third-order valence-electron chi connectivity index (χ3n) is 3.39. The van der Waals surface area contributed by atoms with Gasteiger partial charge >= 0.3 is 5.97 Å². The Hall–Kier alpha value is -2.61. The second-order valence-electron chi connectivity index (χ2n) is 5.82. The van der Waals surface area contributed by atoms with Gasteiger partial charge in [0.1, 0.15) is 18.3 Å². The van der Waals surface area contributed by atoms with E-state index in [1.807, 2.05) is 0 Å². The zero-order valence-electron chi connectivity index (χ0n) is 13.7. The first-order valence-corrected chi connectivity index (χ1v) is 7.54. The molecule has 8 heteroatoms. The lowest BCUT2D eigenvalue weighted by Crippen LogP contribution is -2.54. The minimum absolute atomic E-state index is 0.117. The molecule has 132 valence electrons. The number of hydrogen-bond acceptors (Lipinski definition) is 5. The summed E-state index contributed by atoms with van der Waals surface area (Å²) >= 11 is 0. The number of benzene rings is 1. The van der Waals surface area contributed by atoms with Gasteiger partial charge in [0.25, 0.3) is 0 Å². The van der Waals surface area contributed by atoms with Crippen LogP contribution in [0.15, 0.2) is 24.3 Å². The van der Waals surface area contributed by atoms with Crippen molar-refractivity contribution in [2.75, 3.05) is 6.54 Å². The summed E-state index contributed by atoms with van der Waals surface area (Å²) < 4.78 is 0. The Balaban J connectivity index is 2.64. The number of hydrogen-bond donors (Lipinski definition) is 5. The van der Waals surface area contributed by atoms with Crippen molar-refractivity contribution in [2.45, 2.75) is 32.4 Å². The average Bonchev–Trinajstić information content (AvgIpc) is 2.51. The van der Waals surface area contributed by atoms with Gasteiger partial charge in [-0.25, -0.2) is 0 Å². The lowest BCUT2D eigenvalue weighted by Gasteiger charge is -2.23. The summed E-state index contributed by atoms with van der Waals surface area (Å²) in [6.07, 6.45) is 0.244. The summed E-state index contributed by atoms with van der Waals surface area (Å²) in [6.45, 7) is 2.95. The maximum absolute atomic E-state index is 12.2. The molecule has 0 fully saturated rings. The van der Waals surface area contributed by atoms with E-state index in [2.05, 4.69) is 10.6 Å². The second kappa shape index (κ2) is 8.88. The number of nitrogens with one attached hydrogen (secondary N) is 2. The van der Waals surface area contributed by atoms with Crippen molar-refractivity contribution in [2.24, 2.45) is 11.7 Å².